The molecule has 2 aromatic carbocycles. The van der Waals surface area contributed by atoms with Crippen LogP contribution in [0.4, 0.5) is 5.69 Å². The summed E-state index contributed by atoms with van der Waals surface area (Å²) in [6, 6.07) is 12.0. The highest BCUT2D eigenvalue weighted by molar-refractivity contribution is 7.93. The van der Waals surface area contributed by atoms with Gasteiger partial charge in [-0.25, -0.2) is 8.42 Å². The second-order valence-electron chi connectivity index (χ2n) is 5.98. The Morgan fingerprint density at radius 3 is 2.44 bits per heavy atom. The summed E-state index contributed by atoms with van der Waals surface area (Å²) in [6.45, 7) is -0.0752. The lowest BCUT2D eigenvalue weighted by Gasteiger charge is -2.39. The van der Waals surface area contributed by atoms with Crippen LogP contribution < -0.4 is 9.04 Å². The minimum Gasteiger partial charge on any atom is -0.454 e. The van der Waals surface area contributed by atoms with Crippen LogP contribution in [0.1, 0.15) is 0 Å². The van der Waals surface area contributed by atoms with E-state index in [-0.39, 0.29) is 23.9 Å². The Labute approximate surface area is 145 Å². The molecule has 1 fully saturated rings. The van der Waals surface area contributed by atoms with E-state index >= 15 is 0 Å². The van der Waals surface area contributed by atoms with Crippen LogP contribution in [0.5, 0.6) is 11.5 Å². The van der Waals surface area contributed by atoms with Crippen molar-refractivity contribution in [2.75, 3.05) is 17.5 Å². The fourth-order valence-electron chi connectivity index (χ4n) is 3.15. The third-order valence-electron chi connectivity index (χ3n) is 4.38. The van der Waals surface area contributed by atoms with E-state index in [4.69, 9.17) is 9.47 Å². The van der Waals surface area contributed by atoms with Crippen molar-refractivity contribution < 1.29 is 28.1 Å². The molecular formula is C17H17NO6S. The standard InChI is InChI=1S/C17H17NO6S/c19-13-10-23-9-12(17(13)20)18-11-5-1-2-6-14(11)24-15-7-3-4-8-16(15)25(18,21)22/h1-8,12-13,17,19-20H,9-10H2/t12-,13?,17+/m0/s1. The molecule has 3 atom stereocenters. The summed E-state index contributed by atoms with van der Waals surface area (Å²) in [4.78, 5) is -0.00142. The summed E-state index contributed by atoms with van der Waals surface area (Å²) in [5, 5.41) is 20.3. The minimum absolute atomic E-state index is 0.00142. The van der Waals surface area contributed by atoms with Crippen molar-refractivity contribution in [1.29, 1.82) is 0 Å². The number of hydrogen-bond donors (Lipinski definition) is 2. The van der Waals surface area contributed by atoms with Gasteiger partial charge >= 0.3 is 0 Å². The molecule has 0 aliphatic carbocycles. The van der Waals surface area contributed by atoms with E-state index in [9.17, 15) is 18.6 Å². The van der Waals surface area contributed by atoms with E-state index in [0.29, 0.717) is 11.4 Å². The zero-order chi connectivity index (χ0) is 17.6. The van der Waals surface area contributed by atoms with E-state index < -0.39 is 28.3 Å². The van der Waals surface area contributed by atoms with Crippen molar-refractivity contribution >= 4 is 15.7 Å². The van der Waals surface area contributed by atoms with Crippen molar-refractivity contribution in [1.82, 2.24) is 0 Å². The molecule has 2 heterocycles. The number of para-hydroxylation sites is 3. The monoisotopic (exact) mass is 363 g/mol. The highest BCUT2D eigenvalue weighted by Gasteiger charge is 2.44. The molecule has 2 aliphatic rings. The first kappa shape index (κ1) is 16.3. The van der Waals surface area contributed by atoms with Crippen LogP contribution in [0.3, 0.4) is 0 Å². The van der Waals surface area contributed by atoms with Gasteiger partial charge in [0.25, 0.3) is 10.0 Å². The summed E-state index contributed by atoms with van der Waals surface area (Å²) in [7, 11) is -4.03. The quantitative estimate of drug-likeness (QED) is 0.788. The van der Waals surface area contributed by atoms with E-state index in [1.807, 2.05) is 0 Å². The van der Waals surface area contributed by atoms with Crippen LogP contribution in [-0.4, -0.2) is 50.1 Å². The number of nitrogens with zero attached hydrogens (tertiary/aromatic N) is 1. The molecule has 132 valence electrons. The molecular weight excluding hydrogens is 346 g/mol. The van der Waals surface area contributed by atoms with Crippen LogP contribution in [0.25, 0.3) is 0 Å². The largest absolute Gasteiger partial charge is 0.454 e. The fraction of sp³-hybridized carbons (Fsp3) is 0.294. The maximum absolute atomic E-state index is 13.3. The van der Waals surface area contributed by atoms with Crippen molar-refractivity contribution in [3.63, 3.8) is 0 Å². The van der Waals surface area contributed by atoms with Crippen molar-refractivity contribution in [3.8, 4) is 11.5 Å². The Bertz CT molecular complexity index is 900. The minimum atomic E-state index is -4.03. The number of anilines is 1. The van der Waals surface area contributed by atoms with E-state index in [1.165, 1.54) is 6.07 Å². The van der Waals surface area contributed by atoms with Gasteiger partial charge in [0.1, 0.15) is 22.9 Å². The zero-order valence-corrected chi connectivity index (χ0v) is 14.0. The van der Waals surface area contributed by atoms with Gasteiger partial charge in [0, 0.05) is 0 Å². The molecule has 2 N–H and O–H groups in total. The number of fused-ring (bicyclic) bond motifs is 2. The Morgan fingerprint density at radius 1 is 0.960 bits per heavy atom. The first-order valence-corrected chi connectivity index (χ1v) is 9.28. The first-order valence-electron chi connectivity index (χ1n) is 7.84. The van der Waals surface area contributed by atoms with Gasteiger partial charge in [-0.05, 0) is 24.3 Å². The van der Waals surface area contributed by atoms with Crippen molar-refractivity contribution in [2.24, 2.45) is 0 Å². The molecule has 2 aromatic rings. The molecule has 4 rings (SSSR count). The van der Waals surface area contributed by atoms with Crippen LogP contribution in [-0.2, 0) is 14.8 Å². The maximum Gasteiger partial charge on any atom is 0.268 e. The SMILES string of the molecule is O=S1(=O)c2ccccc2Oc2ccccc2N1[C@H]1COCC(O)[C@@H]1O. The van der Waals surface area contributed by atoms with Gasteiger partial charge in [-0.3, -0.25) is 4.31 Å². The topological polar surface area (TPSA) is 96.3 Å². The molecule has 1 saturated heterocycles. The molecule has 0 radical (unpaired) electrons. The fourth-order valence-corrected chi connectivity index (χ4v) is 4.93. The lowest BCUT2D eigenvalue weighted by molar-refractivity contribution is -0.0953. The van der Waals surface area contributed by atoms with Gasteiger partial charge < -0.3 is 19.7 Å². The smallest absolute Gasteiger partial charge is 0.268 e. The highest BCUT2D eigenvalue weighted by atomic mass is 32.2. The predicted molar refractivity (Wildman–Crippen MR) is 89.2 cm³/mol. The number of aliphatic hydroxyl groups is 2. The first-order chi connectivity index (χ1) is 12.0. The number of hydrogen-bond acceptors (Lipinski definition) is 6. The van der Waals surface area contributed by atoms with E-state index in [2.05, 4.69) is 0 Å². The van der Waals surface area contributed by atoms with Crippen LogP contribution in [0.15, 0.2) is 53.4 Å². The third-order valence-corrected chi connectivity index (χ3v) is 6.25. The summed E-state index contributed by atoms with van der Waals surface area (Å²) < 4.78 is 38.9. The average Bonchev–Trinajstić information content (AvgIpc) is 2.69. The molecule has 0 aromatic heterocycles. The Morgan fingerprint density at radius 2 is 1.64 bits per heavy atom. The van der Waals surface area contributed by atoms with Gasteiger partial charge in [-0.1, -0.05) is 24.3 Å². The van der Waals surface area contributed by atoms with Crippen LogP contribution in [0, 0.1) is 0 Å². The van der Waals surface area contributed by atoms with Crippen LogP contribution >= 0.6 is 0 Å². The molecule has 7 nitrogen and oxygen atoms in total. The van der Waals surface area contributed by atoms with Crippen LogP contribution in [0.2, 0.25) is 0 Å². The number of benzene rings is 2. The van der Waals surface area contributed by atoms with Crippen molar-refractivity contribution in [3.05, 3.63) is 48.5 Å². The number of ether oxygens (including phenoxy) is 2. The molecule has 8 heteroatoms. The van der Waals surface area contributed by atoms with E-state index in [1.54, 1.807) is 42.5 Å². The number of aliphatic hydroxyl groups excluding tert-OH is 2. The Balaban J connectivity index is 1.95. The predicted octanol–water partition coefficient (Wildman–Crippen LogP) is 1.11. The highest BCUT2D eigenvalue weighted by Crippen LogP contribution is 2.44. The normalized spacial score (nSPS) is 27.6. The molecule has 0 bridgehead atoms. The Hall–Kier alpha value is -2.13. The lowest BCUT2D eigenvalue weighted by Crippen LogP contribution is -2.57. The Kier molecular flexibility index (Phi) is 3.92. The maximum atomic E-state index is 13.3. The summed E-state index contributed by atoms with van der Waals surface area (Å²) >= 11 is 0. The second kappa shape index (κ2) is 5.99. The molecule has 1 unspecified atom stereocenters. The molecule has 0 saturated carbocycles. The molecule has 25 heavy (non-hydrogen) atoms. The zero-order valence-electron chi connectivity index (χ0n) is 13.1. The van der Waals surface area contributed by atoms with Gasteiger partial charge in [-0.2, -0.15) is 0 Å². The number of rotatable bonds is 1. The van der Waals surface area contributed by atoms with Gasteiger partial charge in [0.15, 0.2) is 5.75 Å². The molecule has 0 amide bonds. The second-order valence-corrected chi connectivity index (χ2v) is 7.76. The van der Waals surface area contributed by atoms with Gasteiger partial charge in [0.05, 0.1) is 24.9 Å². The number of sulfonamides is 1. The summed E-state index contributed by atoms with van der Waals surface area (Å²) in [6.07, 6.45) is -2.44. The molecule has 2 aliphatic heterocycles. The average molecular weight is 363 g/mol. The van der Waals surface area contributed by atoms with Gasteiger partial charge in [0.2, 0.25) is 0 Å². The van der Waals surface area contributed by atoms with Gasteiger partial charge in [-0.15, -0.1) is 0 Å². The lowest BCUT2D eigenvalue weighted by atomic mass is 10.0. The van der Waals surface area contributed by atoms with Crippen molar-refractivity contribution in [2.45, 2.75) is 23.1 Å². The summed E-state index contributed by atoms with van der Waals surface area (Å²) in [5.74, 6) is 0.563. The third kappa shape index (κ3) is 2.58. The molecule has 0 spiro atoms. The van der Waals surface area contributed by atoms with E-state index in [0.717, 1.165) is 4.31 Å². The summed E-state index contributed by atoms with van der Waals surface area (Å²) in [5.41, 5.74) is 0.292.